The van der Waals surface area contributed by atoms with Gasteiger partial charge in [0.25, 0.3) is 5.91 Å². The largest absolute Gasteiger partial charge is 0.332 e. The lowest BCUT2D eigenvalue weighted by molar-refractivity contribution is -0.116. The zero-order valence-electron chi connectivity index (χ0n) is 17.8. The molecular weight excluding hydrogens is 473 g/mol. The first-order valence-corrected chi connectivity index (χ1v) is 12.4. The molecule has 1 saturated heterocycles. The second-order valence-corrected chi connectivity index (χ2v) is 10.5. The summed E-state index contributed by atoms with van der Waals surface area (Å²) in [6, 6.07) is 10.5. The highest BCUT2D eigenvalue weighted by atomic mass is 35.5. The van der Waals surface area contributed by atoms with E-state index in [0.717, 1.165) is 19.3 Å². The van der Waals surface area contributed by atoms with Gasteiger partial charge in [-0.3, -0.25) is 9.59 Å². The minimum atomic E-state index is -3.61. The lowest BCUT2D eigenvalue weighted by atomic mass is 10.1. The van der Waals surface area contributed by atoms with Crippen LogP contribution >= 0.6 is 23.2 Å². The molecule has 0 bridgehead atoms. The Balaban J connectivity index is 1.64. The van der Waals surface area contributed by atoms with E-state index in [4.69, 9.17) is 23.2 Å². The Bertz CT molecular complexity index is 1110. The minimum Gasteiger partial charge on any atom is -0.332 e. The summed E-state index contributed by atoms with van der Waals surface area (Å²) in [7, 11) is -2.11. The van der Waals surface area contributed by atoms with Gasteiger partial charge in [0.1, 0.15) is 0 Å². The quantitative estimate of drug-likeness (QED) is 0.645. The lowest BCUT2D eigenvalue weighted by Crippen LogP contribution is -2.41. The van der Waals surface area contributed by atoms with Crippen LogP contribution in [-0.4, -0.2) is 55.6 Å². The van der Waals surface area contributed by atoms with Gasteiger partial charge in [-0.05, 0) is 62.2 Å². The lowest BCUT2D eigenvalue weighted by Gasteiger charge is -2.32. The third kappa shape index (κ3) is 5.61. The van der Waals surface area contributed by atoms with Gasteiger partial charge in [0.05, 0.1) is 21.5 Å². The number of anilines is 1. The second kappa shape index (κ2) is 10.2. The molecule has 3 rings (SSSR count). The third-order valence-electron chi connectivity index (χ3n) is 5.38. The summed E-state index contributed by atoms with van der Waals surface area (Å²) in [6.07, 6.45) is 2.70. The van der Waals surface area contributed by atoms with Gasteiger partial charge < -0.3 is 10.2 Å². The summed E-state index contributed by atoms with van der Waals surface area (Å²) in [6.45, 7) is 2.22. The van der Waals surface area contributed by atoms with Gasteiger partial charge in [0, 0.05) is 30.9 Å². The molecule has 1 fully saturated rings. The Morgan fingerprint density at radius 2 is 1.78 bits per heavy atom. The molecule has 2 aromatic rings. The van der Waals surface area contributed by atoms with Crippen LogP contribution in [0, 0.1) is 0 Å². The number of amides is 2. The Morgan fingerprint density at radius 3 is 2.41 bits per heavy atom. The first-order chi connectivity index (χ1) is 15.1. The van der Waals surface area contributed by atoms with Crippen molar-refractivity contribution >= 4 is 50.7 Å². The van der Waals surface area contributed by atoms with Crippen LogP contribution in [0.5, 0.6) is 0 Å². The van der Waals surface area contributed by atoms with Crippen molar-refractivity contribution in [2.24, 2.45) is 0 Å². The van der Waals surface area contributed by atoms with E-state index in [1.54, 1.807) is 12.1 Å². The number of rotatable bonds is 6. The van der Waals surface area contributed by atoms with E-state index in [9.17, 15) is 18.0 Å². The first kappa shape index (κ1) is 24.5. The highest BCUT2D eigenvalue weighted by Gasteiger charge is 2.31. The van der Waals surface area contributed by atoms with Crippen LogP contribution in [0.2, 0.25) is 10.0 Å². The molecule has 0 unspecified atom stereocenters. The highest BCUT2D eigenvalue weighted by molar-refractivity contribution is 7.89. The van der Waals surface area contributed by atoms with Crippen LogP contribution in [0.3, 0.4) is 0 Å². The summed E-state index contributed by atoms with van der Waals surface area (Å²) in [5.74, 6) is -0.804. The molecule has 172 valence electrons. The number of piperidine rings is 1. The summed E-state index contributed by atoms with van der Waals surface area (Å²) in [5.41, 5.74) is 0.757. The van der Waals surface area contributed by atoms with Crippen molar-refractivity contribution in [3.05, 3.63) is 58.1 Å². The summed E-state index contributed by atoms with van der Waals surface area (Å²) in [4.78, 5) is 26.4. The molecule has 2 amide bonds. The van der Waals surface area contributed by atoms with E-state index in [1.165, 1.54) is 46.6 Å². The standard InChI is InChI=1S/C22H25Cl2N3O4S/c1-15-5-3-4-12-27(15)32(30,31)18-9-6-16(7-10-18)22(29)26(2)14-21(28)25-17-8-11-19(23)20(24)13-17/h6-11,13,15H,3-5,12,14H2,1-2H3,(H,25,28)/t15-/m0/s1. The molecule has 32 heavy (non-hydrogen) atoms. The molecule has 0 saturated carbocycles. The molecule has 10 heteroatoms. The van der Waals surface area contributed by atoms with Crippen LogP contribution in [0.25, 0.3) is 0 Å². The molecule has 1 aliphatic rings. The van der Waals surface area contributed by atoms with E-state index >= 15 is 0 Å². The van der Waals surface area contributed by atoms with Crippen LogP contribution < -0.4 is 5.32 Å². The number of hydrogen-bond acceptors (Lipinski definition) is 4. The Morgan fingerprint density at radius 1 is 1.09 bits per heavy atom. The number of benzene rings is 2. The summed E-state index contributed by atoms with van der Waals surface area (Å²) >= 11 is 11.8. The predicted octanol–water partition coefficient (Wildman–Crippen LogP) is 4.27. The fraction of sp³-hybridized carbons (Fsp3) is 0.364. The predicted molar refractivity (Wildman–Crippen MR) is 126 cm³/mol. The van der Waals surface area contributed by atoms with Crippen molar-refractivity contribution in [3.8, 4) is 0 Å². The normalized spacial score (nSPS) is 17.1. The Labute approximate surface area is 198 Å². The molecule has 0 aromatic heterocycles. The van der Waals surface area contributed by atoms with Gasteiger partial charge in [-0.2, -0.15) is 4.31 Å². The van der Waals surface area contributed by atoms with Crippen molar-refractivity contribution in [2.75, 3.05) is 25.5 Å². The van der Waals surface area contributed by atoms with Gasteiger partial charge in [0.15, 0.2) is 0 Å². The molecule has 0 radical (unpaired) electrons. The average Bonchev–Trinajstić information content (AvgIpc) is 2.76. The van der Waals surface area contributed by atoms with Crippen LogP contribution in [0.4, 0.5) is 5.69 Å². The fourth-order valence-corrected chi connectivity index (χ4v) is 5.61. The first-order valence-electron chi connectivity index (χ1n) is 10.2. The van der Waals surface area contributed by atoms with Crippen molar-refractivity contribution in [3.63, 3.8) is 0 Å². The Hall–Kier alpha value is -2.13. The number of nitrogens with one attached hydrogen (secondary N) is 1. The van der Waals surface area contributed by atoms with Gasteiger partial charge in [-0.1, -0.05) is 29.6 Å². The second-order valence-electron chi connectivity index (χ2n) is 7.82. The topological polar surface area (TPSA) is 86.8 Å². The number of sulfonamides is 1. The van der Waals surface area contributed by atoms with E-state index < -0.39 is 21.8 Å². The number of halogens is 2. The van der Waals surface area contributed by atoms with E-state index in [-0.39, 0.29) is 17.5 Å². The van der Waals surface area contributed by atoms with Gasteiger partial charge in [-0.25, -0.2) is 8.42 Å². The van der Waals surface area contributed by atoms with E-state index in [1.807, 2.05) is 6.92 Å². The van der Waals surface area contributed by atoms with Crippen molar-refractivity contribution < 1.29 is 18.0 Å². The summed E-state index contributed by atoms with van der Waals surface area (Å²) < 4.78 is 27.4. The third-order valence-corrected chi connectivity index (χ3v) is 8.15. The minimum absolute atomic E-state index is 0.0461. The maximum atomic E-state index is 12.9. The number of nitrogens with zero attached hydrogens (tertiary/aromatic N) is 2. The van der Waals surface area contributed by atoms with E-state index in [0.29, 0.717) is 27.8 Å². The molecule has 0 aliphatic carbocycles. The number of carbonyl (C=O) groups is 2. The zero-order valence-corrected chi connectivity index (χ0v) is 20.2. The molecule has 0 spiro atoms. The Kier molecular flexibility index (Phi) is 7.82. The molecule has 1 atom stereocenters. The number of carbonyl (C=O) groups excluding carboxylic acids is 2. The fourth-order valence-electron chi connectivity index (χ4n) is 3.62. The van der Waals surface area contributed by atoms with Crippen LogP contribution in [0.1, 0.15) is 36.5 Å². The monoisotopic (exact) mass is 497 g/mol. The van der Waals surface area contributed by atoms with Crippen LogP contribution in [-0.2, 0) is 14.8 Å². The molecular formula is C22H25Cl2N3O4S. The maximum absolute atomic E-state index is 12.9. The molecule has 1 aliphatic heterocycles. The van der Waals surface area contributed by atoms with E-state index in [2.05, 4.69) is 5.32 Å². The van der Waals surface area contributed by atoms with Crippen molar-refractivity contribution in [1.82, 2.24) is 9.21 Å². The summed E-state index contributed by atoms with van der Waals surface area (Å²) in [5, 5.41) is 3.34. The smallest absolute Gasteiger partial charge is 0.254 e. The number of likely N-dealkylation sites (N-methyl/N-ethyl adjacent to an activating group) is 1. The van der Waals surface area contributed by atoms with Gasteiger partial charge in [0.2, 0.25) is 15.9 Å². The highest BCUT2D eigenvalue weighted by Crippen LogP contribution is 2.26. The molecule has 7 nitrogen and oxygen atoms in total. The van der Waals surface area contributed by atoms with Gasteiger partial charge in [-0.15, -0.1) is 0 Å². The van der Waals surface area contributed by atoms with Crippen molar-refractivity contribution in [2.45, 2.75) is 37.1 Å². The average molecular weight is 498 g/mol. The number of hydrogen-bond donors (Lipinski definition) is 1. The maximum Gasteiger partial charge on any atom is 0.254 e. The zero-order chi connectivity index (χ0) is 23.5. The molecule has 2 aromatic carbocycles. The SMILES string of the molecule is C[C@H]1CCCCN1S(=O)(=O)c1ccc(C(=O)N(C)CC(=O)Nc2ccc(Cl)c(Cl)c2)cc1. The molecule has 1 heterocycles. The van der Waals surface area contributed by atoms with Crippen LogP contribution in [0.15, 0.2) is 47.4 Å². The van der Waals surface area contributed by atoms with Gasteiger partial charge >= 0.3 is 0 Å². The molecule has 1 N–H and O–H groups in total. The van der Waals surface area contributed by atoms with Crippen molar-refractivity contribution in [1.29, 1.82) is 0 Å².